The Morgan fingerprint density at radius 3 is 2.72 bits per heavy atom. The minimum atomic E-state index is -0.228. The number of likely N-dealkylation sites (N-methyl/N-ethyl adjacent to an activating group) is 1. The molecule has 0 aliphatic carbocycles. The van der Waals surface area contributed by atoms with Crippen LogP contribution in [-0.4, -0.2) is 46.5 Å². The summed E-state index contributed by atoms with van der Waals surface area (Å²) >= 11 is 0. The number of pyridine rings is 1. The first-order valence-electron chi connectivity index (χ1n) is 10.3. The van der Waals surface area contributed by atoms with E-state index in [4.69, 9.17) is 0 Å². The van der Waals surface area contributed by atoms with Gasteiger partial charge in [0.1, 0.15) is 0 Å². The quantitative estimate of drug-likeness (QED) is 0.673. The predicted molar refractivity (Wildman–Crippen MR) is 119 cm³/mol. The van der Waals surface area contributed by atoms with Crippen LogP contribution in [-0.2, 0) is 0 Å². The number of aryl methyl sites for hydroxylation is 1. The highest BCUT2D eigenvalue weighted by Crippen LogP contribution is 2.26. The SMILES string of the molecule is CCN1CCC[C@@H]1CN=Cc1c(O)n(-c2cccc(C)c2)c(=O)c2ccccc12. The van der Waals surface area contributed by atoms with Gasteiger partial charge in [0.2, 0.25) is 5.88 Å². The Bertz CT molecular complexity index is 1120. The molecule has 5 heteroatoms. The molecule has 3 aromatic rings. The monoisotopic (exact) mass is 389 g/mol. The fourth-order valence-electron chi connectivity index (χ4n) is 4.28. The second-order valence-electron chi connectivity index (χ2n) is 7.68. The van der Waals surface area contributed by atoms with Gasteiger partial charge in [-0.25, -0.2) is 4.57 Å². The van der Waals surface area contributed by atoms with E-state index in [1.807, 2.05) is 49.4 Å². The summed E-state index contributed by atoms with van der Waals surface area (Å²) in [5, 5.41) is 12.4. The van der Waals surface area contributed by atoms with E-state index in [-0.39, 0.29) is 11.4 Å². The van der Waals surface area contributed by atoms with Crippen LogP contribution in [0.3, 0.4) is 0 Å². The van der Waals surface area contributed by atoms with Gasteiger partial charge in [-0.2, -0.15) is 0 Å². The van der Waals surface area contributed by atoms with Crippen LogP contribution < -0.4 is 5.56 Å². The molecule has 4 rings (SSSR count). The van der Waals surface area contributed by atoms with Gasteiger partial charge in [-0.15, -0.1) is 0 Å². The molecule has 29 heavy (non-hydrogen) atoms. The highest BCUT2D eigenvalue weighted by atomic mass is 16.3. The van der Waals surface area contributed by atoms with Gasteiger partial charge in [0.15, 0.2) is 0 Å². The lowest BCUT2D eigenvalue weighted by molar-refractivity contribution is 0.273. The van der Waals surface area contributed by atoms with E-state index < -0.39 is 0 Å². The van der Waals surface area contributed by atoms with Crippen molar-refractivity contribution < 1.29 is 5.11 Å². The average Bonchev–Trinajstić information content (AvgIpc) is 3.18. The number of hydrogen-bond acceptors (Lipinski definition) is 4. The molecular weight excluding hydrogens is 362 g/mol. The lowest BCUT2D eigenvalue weighted by Gasteiger charge is -2.20. The van der Waals surface area contributed by atoms with Gasteiger partial charge in [-0.1, -0.05) is 37.3 Å². The Labute approximate surface area is 170 Å². The van der Waals surface area contributed by atoms with Gasteiger partial charge in [-0.05, 0) is 56.6 Å². The van der Waals surface area contributed by atoms with Crippen molar-refractivity contribution in [1.82, 2.24) is 9.47 Å². The molecular formula is C24H27N3O2. The van der Waals surface area contributed by atoms with Gasteiger partial charge in [0.25, 0.3) is 5.56 Å². The van der Waals surface area contributed by atoms with Gasteiger partial charge in [-0.3, -0.25) is 14.7 Å². The lowest BCUT2D eigenvalue weighted by Crippen LogP contribution is -2.31. The lowest BCUT2D eigenvalue weighted by atomic mass is 10.1. The fraction of sp³-hybridized carbons (Fsp3) is 0.333. The summed E-state index contributed by atoms with van der Waals surface area (Å²) in [6.45, 7) is 7.01. The number of fused-ring (bicyclic) bond motifs is 1. The van der Waals surface area contributed by atoms with Crippen molar-refractivity contribution in [1.29, 1.82) is 0 Å². The number of aromatic nitrogens is 1. The highest BCUT2D eigenvalue weighted by Gasteiger charge is 2.22. The van der Waals surface area contributed by atoms with Crippen LogP contribution in [0.2, 0.25) is 0 Å². The van der Waals surface area contributed by atoms with E-state index in [2.05, 4.69) is 16.8 Å². The van der Waals surface area contributed by atoms with Crippen LogP contribution in [0.1, 0.15) is 30.9 Å². The fourth-order valence-corrected chi connectivity index (χ4v) is 4.28. The van der Waals surface area contributed by atoms with Crippen molar-refractivity contribution in [3.05, 3.63) is 70.0 Å². The van der Waals surface area contributed by atoms with E-state index in [1.165, 1.54) is 11.0 Å². The third-order valence-corrected chi connectivity index (χ3v) is 5.81. The first kappa shape index (κ1) is 19.4. The maximum Gasteiger partial charge on any atom is 0.265 e. The zero-order valence-electron chi connectivity index (χ0n) is 17.0. The number of benzene rings is 2. The van der Waals surface area contributed by atoms with Crippen molar-refractivity contribution in [2.24, 2.45) is 4.99 Å². The molecule has 1 aromatic heterocycles. The third-order valence-electron chi connectivity index (χ3n) is 5.81. The summed E-state index contributed by atoms with van der Waals surface area (Å²) in [7, 11) is 0. The summed E-state index contributed by atoms with van der Waals surface area (Å²) < 4.78 is 1.38. The number of hydrogen-bond donors (Lipinski definition) is 1. The van der Waals surface area contributed by atoms with Crippen molar-refractivity contribution in [2.45, 2.75) is 32.7 Å². The number of aliphatic imine (C=N–C) groups is 1. The first-order valence-corrected chi connectivity index (χ1v) is 10.3. The Morgan fingerprint density at radius 2 is 1.97 bits per heavy atom. The topological polar surface area (TPSA) is 57.8 Å². The van der Waals surface area contributed by atoms with E-state index in [0.717, 1.165) is 30.5 Å². The summed E-state index contributed by atoms with van der Waals surface area (Å²) in [5.74, 6) is -0.0678. The molecule has 0 bridgehead atoms. The second-order valence-corrected chi connectivity index (χ2v) is 7.68. The summed E-state index contributed by atoms with van der Waals surface area (Å²) in [5.41, 5.74) is 2.04. The van der Waals surface area contributed by atoms with Crippen molar-refractivity contribution >= 4 is 17.0 Å². The highest BCUT2D eigenvalue weighted by molar-refractivity contribution is 6.01. The summed E-state index contributed by atoms with van der Waals surface area (Å²) in [6, 6.07) is 15.4. The molecule has 150 valence electrons. The Balaban J connectivity index is 1.81. The molecule has 1 aliphatic rings. The molecule has 2 aromatic carbocycles. The van der Waals surface area contributed by atoms with Crippen molar-refractivity contribution in [3.8, 4) is 11.6 Å². The maximum atomic E-state index is 13.1. The Hall–Kier alpha value is -2.92. The molecule has 0 saturated carbocycles. The molecule has 2 heterocycles. The molecule has 0 radical (unpaired) electrons. The number of aromatic hydroxyl groups is 1. The van der Waals surface area contributed by atoms with Gasteiger partial charge < -0.3 is 5.11 Å². The summed E-state index contributed by atoms with van der Waals surface area (Å²) in [4.78, 5) is 20.2. The van der Waals surface area contributed by atoms with Crippen molar-refractivity contribution in [3.63, 3.8) is 0 Å². The largest absolute Gasteiger partial charge is 0.494 e. The maximum absolute atomic E-state index is 13.1. The van der Waals surface area contributed by atoms with E-state index in [1.54, 1.807) is 12.3 Å². The molecule has 1 fully saturated rings. The molecule has 0 amide bonds. The van der Waals surface area contributed by atoms with Crippen LogP contribution in [0.5, 0.6) is 5.88 Å². The molecule has 1 N–H and O–H groups in total. The zero-order chi connectivity index (χ0) is 20.4. The molecule has 0 unspecified atom stereocenters. The molecule has 1 saturated heterocycles. The molecule has 1 aliphatic heterocycles. The molecule has 1 atom stereocenters. The van der Waals surface area contributed by atoms with Gasteiger partial charge >= 0.3 is 0 Å². The van der Waals surface area contributed by atoms with E-state index in [0.29, 0.717) is 29.2 Å². The first-order chi connectivity index (χ1) is 14.1. The summed E-state index contributed by atoms with van der Waals surface area (Å²) in [6.07, 6.45) is 4.09. The van der Waals surface area contributed by atoms with Crippen LogP contribution in [0.25, 0.3) is 16.5 Å². The third kappa shape index (κ3) is 3.70. The average molecular weight is 389 g/mol. The molecule has 5 nitrogen and oxygen atoms in total. The van der Waals surface area contributed by atoms with E-state index in [9.17, 15) is 9.90 Å². The van der Waals surface area contributed by atoms with Crippen molar-refractivity contribution in [2.75, 3.05) is 19.6 Å². The minimum absolute atomic E-state index is 0.0678. The Morgan fingerprint density at radius 1 is 1.17 bits per heavy atom. The standard InChI is InChI=1S/C24H27N3O2/c1-3-26-13-7-10-19(26)15-25-16-22-20-11-4-5-12-21(20)23(28)27(24(22)29)18-9-6-8-17(2)14-18/h4-6,8-9,11-12,14,16,19,29H,3,7,10,13,15H2,1-2H3/t19-/m1/s1. The normalized spacial score (nSPS) is 17.5. The number of nitrogens with zero attached hydrogens (tertiary/aromatic N) is 3. The van der Waals surface area contributed by atoms with Crippen LogP contribution in [0.15, 0.2) is 58.3 Å². The van der Waals surface area contributed by atoms with Gasteiger partial charge in [0, 0.05) is 23.0 Å². The Kier molecular flexibility index (Phi) is 5.49. The van der Waals surface area contributed by atoms with E-state index >= 15 is 0 Å². The van der Waals surface area contributed by atoms with Crippen LogP contribution in [0, 0.1) is 6.92 Å². The minimum Gasteiger partial charge on any atom is -0.494 e. The van der Waals surface area contributed by atoms with Crippen LogP contribution in [0.4, 0.5) is 0 Å². The van der Waals surface area contributed by atoms with Gasteiger partial charge in [0.05, 0.1) is 17.8 Å². The number of likely N-dealkylation sites (tertiary alicyclic amines) is 1. The predicted octanol–water partition coefficient (Wildman–Crippen LogP) is 3.91. The zero-order valence-corrected chi connectivity index (χ0v) is 17.0. The smallest absolute Gasteiger partial charge is 0.265 e. The molecule has 0 spiro atoms. The van der Waals surface area contributed by atoms with Crippen LogP contribution >= 0.6 is 0 Å². The number of rotatable bonds is 5. The second kappa shape index (κ2) is 8.21.